The van der Waals surface area contributed by atoms with E-state index in [2.05, 4.69) is 38.2 Å². The Morgan fingerprint density at radius 3 is 2.25 bits per heavy atom. The van der Waals surface area contributed by atoms with E-state index in [1.165, 1.54) is 12.0 Å². The van der Waals surface area contributed by atoms with Crippen LogP contribution in [-0.4, -0.2) is 13.7 Å². The lowest BCUT2D eigenvalue weighted by Crippen LogP contribution is -2.26. The molecular formula is C14H23NO. The van der Waals surface area contributed by atoms with E-state index in [9.17, 15) is 0 Å². The molecule has 2 heteroatoms. The summed E-state index contributed by atoms with van der Waals surface area (Å²) in [6, 6.07) is 8.81. The van der Waals surface area contributed by atoms with Crippen molar-refractivity contribution in [3.05, 3.63) is 29.8 Å². The van der Waals surface area contributed by atoms with Crippen molar-refractivity contribution >= 4 is 0 Å². The molecule has 16 heavy (non-hydrogen) atoms. The maximum atomic E-state index is 5.18. The van der Waals surface area contributed by atoms with Crippen molar-refractivity contribution in [3.8, 4) is 5.75 Å². The summed E-state index contributed by atoms with van der Waals surface area (Å²) >= 11 is 0. The van der Waals surface area contributed by atoms with Gasteiger partial charge < -0.3 is 10.1 Å². The van der Waals surface area contributed by atoms with Crippen LogP contribution < -0.4 is 10.1 Å². The Morgan fingerprint density at radius 2 is 1.81 bits per heavy atom. The van der Waals surface area contributed by atoms with E-state index in [-0.39, 0.29) is 0 Å². The zero-order valence-corrected chi connectivity index (χ0v) is 10.8. The molecule has 2 unspecified atom stereocenters. The molecule has 0 bridgehead atoms. The van der Waals surface area contributed by atoms with Gasteiger partial charge in [0.1, 0.15) is 5.75 Å². The zero-order valence-electron chi connectivity index (χ0n) is 10.8. The second-order valence-corrected chi connectivity index (χ2v) is 4.19. The molecular weight excluding hydrogens is 198 g/mol. The molecule has 1 rings (SSSR count). The van der Waals surface area contributed by atoms with Crippen LogP contribution in [0.4, 0.5) is 0 Å². The topological polar surface area (TPSA) is 21.3 Å². The number of methoxy groups -OCH3 is 1. The Balaban J connectivity index is 2.83. The molecule has 90 valence electrons. The van der Waals surface area contributed by atoms with Gasteiger partial charge in [0.25, 0.3) is 0 Å². The predicted octanol–water partition coefficient (Wildman–Crippen LogP) is 3.39. The molecule has 1 N–H and O–H groups in total. The van der Waals surface area contributed by atoms with Gasteiger partial charge in [-0.25, -0.2) is 0 Å². The van der Waals surface area contributed by atoms with E-state index < -0.39 is 0 Å². The first-order valence-corrected chi connectivity index (χ1v) is 6.10. The van der Waals surface area contributed by atoms with Gasteiger partial charge in [-0.3, -0.25) is 0 Å². The van der Waals surface area contributed by atoms with Gasteiger partial charge in [-0.2, -0.15) is 0 Å². The monoisotopic (exact) mass is 221 g/mol. The van der Waals surface area contributed by atoms with Crippen LogP contribution in [0.15, 0.2) is 24.3 Å². The Kier molecular flexibility index (Phi) is 5.33. The third-order valence-electron chi connectivity index (χ3n) is 3.11. The molecule has 0 fully saturated rings. The first-order valence-electron chi connectivity index (χ1n) is 6.10. The predicted molar refractivity (Wildman–Crippen MR) is 68.9 cm³/mol. The minimum atomic E-state index is 0.445. The first kappa shape index (κ1) is 13.0. The van der Waals surface area contributed by atoms with Crippen LogP contribution in [0.3, 0.4) is 0 Å². The largest absolute Gasteiger partial charge is 0.497 e. The van der Waals surface area contributed by atoms with Crippen molar-refractivity contribution < 1.29 is 4.74 Å². The molecule has 0 aliphatic rings. The molecule has 0 amide bonds. The normalized spacial score (nSPS) is 14.5. The third kappa shape index (κ3) is 3.24. The standard InChI is InChI=1S/C14H23NO/c1-5-11(3)14(15-6-2)12-7-9-13(16-4)10-8-12/h7-11,14-15H,5-6H2,1-4H3. The van der Waals surface area contributed by atoms with Crippen molar-refractivity contribution in [1.29, 1.82) is 0 Å². The van der Waals surface area contributed by atoms with Crippen LogP contribution in [0.25, 0.3) is 0 Å². The highest BCUT2D eigenvalue weighted by Crippen LogP contribution is 2.25. The minimum Gasteiger partial charge on any atom is -0.497 e. The van der Waals surface area contributed by atoms with Crippen LogP contribution in [0.2, 0.25) is 0 Å². The summed E-state index contributed by atoms with van der Waals surface area (Å²) in [7, 11) is 1.70. The Hall–Kier alpha value is -1.02. The molecule has 0 spiro atoms. The SMILES string of the molecule is CCNC(c1ccc(OC)cc1)C(C)CC. The molecule has 0 aliphatic carbocycles. The number of ether oxygens (including phenoxy) is 1. The highest BCUT2D eigenvalue weighted by molar-refractivity contribution is 5.29. The van der Waals surface area contributed by atoms with Gasteiger partial charge in [0, 0.05) is 6.04 Å². The van der Waals surface area contributed by atoms with Gasteiger partial charge in [-0.1, -0.05) is 39.3 Å². The minimum absolute atomic E-state index is 0.445. The fourth-order valence-corrected chi connectivity index (χ4v) is 1.91. The van der Waals surface area contributed by atoms with Crippen molar-refractivity contribution in [2.24, 2.45) is 5.92 Å². The van der Waals surface area contributed by atoms with Crippen LogP contribution in [0.1, 0.15) is 38.8 Å². The van der Waals surface area contributed by atoms with E-state index in [1.54, 1.807) is 7.11 Å². The molecule has 2 atom stereocenters. The van der Waals surface area contributed by atoms with Gasteiger partial charge in [-0.15, -0.1) is 0 Å². The van der Waals surface area contributed by atoms with E-state index in [0.717, 1.165) is 12.3 Å². The fraction of sp³-hybridized carbons (Fsp3) is 0.571. The first-order chi connectivity index (χ1) is 7.72. The Bertz CT molecular complexity index is 294. The fourth-order valence-electron chi connectivity index (χ4n) is 1.91. The lowest BCUT2D eigenvalue weighted by molar-refractivity contribution is 0.382. The van der Waals surface area contributed by atoms with Crippen molar-refractivity contribution in [2.75, 3.05) is 13.7 Å². The van der Waals surface area contributed by atoms with E-state index in [4.69, 9.17) is 4.74 Å². The zero-order chi connectivity index (χ0) is 12.0. The molecule has 0 radical (unpaired) electrons. The average molecular weight is 221 g/mol. The average Bonchev–Trinajstić information content (AvgIpc) is 2.35. The van der Waals surface area contributed by atoms with Crippen molar-refractivity contribution in [3.63, 3.8) is 0 Å². The Morgan fingerprint density at radius 1 is 1.19 bits per heavy atom. The van der Waals surface area contributed by atoms with Crippen LogP contribution in [-0.2, 0) is 0 Å². The van der Waals surface area contributed by atoms with Crippen LogP contribution >= 0.6 is 0 Å². The summed E-state index contributed by atoms with van der Waals surface area (Å²) in [5, 5.41) is 3.55. The molecule has 0 aromatic heterocycles. The van der Waals surface area contributed by atoms with E-state index in [0.29, 0.717) is 12.0 Å². The number of benzene rings is 1. The molecule has 2 nitrogen and oxygen atoms in total. The maximum absolute atomic E-state index is 5.18. The molecule has 0 aliphatic heterocycles. The number of nitrogens with one attached hydrogen (secondary N) is 1. The Labute approximate surface area is 99.0 Å². The second-order valence-electron chi connectivity index (χ2n) is 4.19. The quantitative estimate of drug-likeness (QED) is 0.795. The van der Waals surface area contributed by atoms with Gasteiger partial charge >= 0.3 is 0 Å². The summed E-state index contributed by atoms with van der Waals surface area (Å²) in [6.07, 6.45) is 1.18. The maximum Gasteiger partial charge on any atom is 0.118 e. The lowest BCUT2D eigenvalue weighted by atomic mass is 9.92. The van der Waals surface area contributed by atoms with Gasteiger partial charge in [0.05, 0.1) is 7.11 Å². The summed E-state index contributed by atoms with van der Waals surface area (Å²) in [6.45, 7) is 7.68. The summed E-state index contributed by atoms with van der Waals surface area (Å²) < 4.78 is 5.18. The van der Waals surface area contributed by atoms with Gasteiger partial charge in [0.15, 0.2) is 0 Å². The summed E-state index contributed by atoms with van der Waals surface area (Å²) in [5.41, 5.74) is 1.34. The van der Waals surface area contributed by atoms with Crippen LogP contribution in [0.5, 0.6) is 5.75 Å². The van der Waals surface area contributed by atoms with Gasteiger partial charge in [0.2, 0.25) is 0 Å². The molecule has 1 aromatic carbocycles. The van der Waals surface area contributed by atoms with Crippen molar-refractivity contribution in [2.45, 2.75) is 33.2 Å². The van der Waals surface area contributed by atoms with Crippen molar-refractivity contribution in [1.82, 2.24) is 5.32 Å². The molecule has 1 aromatic rings. The molecule has 0 heterocycles. The summed E-state index contributed by atoms with van der Waals surface area (Å²) in [5.74, 6) is 1.57. The molecule has 0 saturated heterocycles. The number of rotatable bonds is 6. The third-order valence-corrected chi connectivity index (χ3v) is 3.11. The number of hydrogen-bond donors (Lipinski definition) is 1. The van der Waals surface area contributed by atoms with E-state index in [1.807, 2.05) is 12.1 Å². The van der Waals surface area contributed by atoms with Crippen LogP contribution in [0, 0.1) is 5.92 Å². The van der Waals surface area contributed by atoms with E-state index >= 15 is 0 Å². The highest BCUT2D eigenvalue weighted by atomic mass is 16.5. The molecule has 0 saturated carbocycles. The lowest BCUT2D eigenvalue weighted by Gasteiger charge is -2.24. The number of hydrogen-bond acceptors (Lipinski definition) is 2. The highest BCUT2D eigenvalue weighted by Gasteiger charge is 2.16. The summed E-state index contributed by atoms with van der Waals surface area (Å²) in [4.78, 5) is 0. The second kappa shape index (κ2) is 6.54. The van der Waals surface area contributed by atoms with Gasteiger partial charge in [-0.05, 0) is 30.2 Å². The smallest absolute Gasteiger partial charge is 0.118 e.